The number of nitrogens with one attached hydrogen (secondary N) is 2. The molecule has 1 atom stereocenters. The fourth-order valence-corrected chi connectivity index (χ4v) is 3.28. The van der Waals surface area contributed by atoms with Crippen molar-refractivity contribution < 1.29 is 8.78 Å². The maximum atomic E-state index is 14.2. The molecule has 0 saturated heterocycles. The molecule has 1 aromatic heterocycles. The lowest BCUT2D eigenvalue weighted by atomic mass is 9.95. The minimum Gasteiger partial charge on any atom is -0.356 e. The highest BCUT2D eigenvalue weighted by Crippen LogP contribution is 2.36. The molecule has 2 nitrogen and oxygen atoms in total. The molecule has 3 aromatic rings. The van der Waals surface area contributed by atoms with Gasteiger partial charge in [0.15, 0.2) is 0 Å². The largest absolute Gasteiger partial charge is 0.356 e. The zero-order chi connectivity index (χ0) is 15.3. The highest BCUT2D eigenvalue weighted by atomic mass is 35.5. The number of rotatable bonds is 1. The van der Waals surface area contributed by atoms with Crippen molar-refractivity contribution in [1.82, 2.24) is 10.3 Å². The highest BCUT2D eigenvalue weighted by Gasteiger charge is 2.22. The number of H-pyrrole nitrogens is 1. The minimum atomic E-state index is -0.270. The number of hydrogen-bond donors (Lipinski definition) is 2. The predicted octanol–water partition coefficient (Wildman–Crippen LogP) is 4.57. The molecule has 0 aliphatic carbocycles. The maximum absolute atomic E-state index is 14.2. The second-order valence-corrected chi connectivity index (χ2v) is 5.92. The number of aromatic nitrogens is 1. The van der Waals surface area contributed by atoms with Crippen molar-refractivity contribution in [3.8, 4) is 11.1 Å². The molecule has 2 aromatic carbocycles. The van der Waals surface area contributed by atoms with Crippen molar-refractivity contribution in [2.24, 2.45) is 0 Å². The first-order valence-electron chi connectivity index (χ1n) is 7.44. The smallest absolute Gasteiger partial charge is 0.147 e. The lowest BCUT2D eigenvalue weighted by molar-refractivity contribution is 0.511. The van der Waals surface area contributed by atoms with E-state index < -0.39 is 0 Å². The van der Waals surface area contributed by atoms with Gasteiger partial charge in [-0.15, -0.1) is 12.4 Å². The van der Waals surface area contributed by atoms with Gasteiger partial charge in [-0.1, -0.05) is 18.2 Å². The first kappa shape index (κ1) is 16.0. The van der Waals surface area contributed by atoms with Crippen LogP contribution < -0.4 is 5.32 Å². The Labute approximate surface area is 139 Å². The third kappa shape index (κ3) is 2.62. The van der Waals surface area contributed by atoms with E-state index >= 15 is 0 Å². The SMILES string of the molecule is CC1Cc2[nH]c3c(F)ccc(-c4ccc(F)cc4)c3c2CN1.Cl. The summed E-state index contributed by atoms with van der Waals surface area (Å²) in [6.07, 6.45) is 0.853. The Morgan fingerprint density at radius 2 is 1.78 bits per heavy atom. The van der Waals surface area contributed by atoms with Crippen LogP contribution in [0.3, 0.4) is 0 Å². The van der Waals surface area contributed by atoms with Gasteiger partial charge in [0.1, 0.15) is 11.6 Å². The van der Waals surface area contributed by atoms with E-state index in [1.807, 2.05) is 0 Å². The van der Waals surface area contributed by atoms with E-state index in [9.17, 15) is 8.78 Å². The predicted molar refractivity (Wildman–Crippen MR) is 90.9 cm³/mol. The van der Waals surface area contributed by atoms with Crippen LogP contribution in [0.15, 0.2) is 36.4 Å². The molecule has 0 amide bonds. The summed E-state index contributed by atoms with van der Waals surface area (Å²) in [5, 5.41) is 4.32. The molecule has 2 heterocycles. The zero-order valence-corrected chi connectivity index (χ0v) is 13.4. The summed E-state index contributed by atoms with van der Waals surface area (Å²) in [4.78, 5) is 3.25. The van der Waals surface area contributed by atoms with Crippen LogP contribution in [0, 0.1) is 11.6 Å². The second kappa shape index (κ2) is 5.95. The van der Waals surface area contributed by atoms with E-state index in [1.165, 1.54) is 18.2 Å². The Kier molecular flexibility index (Phi) is 4.13. The Morgan fingerprint density at radius 1 is 1.04 bits per heavy atom. The monoisotopic (exact) mass is 334 g/mol. The Hall–Kier alpha value is -1.91. The molecule has 1 aliphatic heterocycles. The number of halogens is 3. The lowest BCUT2D eigenvalue weighted by Gasteiger charge is -2.20. The molecule has 1 unspecified atom stereocenters. The van der Waals surface area contributed by atoms with Crippen molar-refractivity contribution in [3.05, 3.63) is 59.3 Å². The molecule has 120 valence electrons. The highest BCUT2D eigenvalue weighted by molar-refractivity contribution is 5.99. The molecule has 1 aliphatic rings. The Morgan fingerprint density at radius 3 is 2.52 bits per heavy atom. The van der Waals surface area contributed by atoms with E-state index in [2.05, 4.69) is 17.2 Å². The van der Waals surface area contributed by atoms with E-state index in [-0.39, 0.29) is 24.0 Å². The van der Waals surface area contributed by atoms with Crippen LogP contribution in [0.25, 0.3) is 22.0 Å². The van der Waals surface area contributed by atoms with Crippen molar-refractivity contribution in [2.45, 2.75) is 25.9 Å². The number of benzene rings is 2. The summed E-state index contributed by atoms with van der Waals surface area (Å²) in [6, 6.07) is 9.96. The molecular weight excluding hydrogens is 318 g/mol. The molecule has 2 N–H and O–H groups in total. The van der Waals surface area contributed by atoms with Crippen molar-refractivity contribution in [3.63, 3.8) is 0 Å². The molecule has 0 fully saturated rings. The van der Waals surface area contributed by atoms with Gasteiger partial charge in [-0.05, 0) is 41.8 Å². The third-order valence-corrected chi connectivity index (χ3v) is 4.39. The van der Waals surface area contributed by atoms with Crippen LogP contribution in [0.4, 0.5) is 8.78 Å². The van der Waals surface area contributed by atoms with Gasteiger partial charge in [0, 0.05) is 30.1 Å². The Balaban J connectivity index is 0.00000156. The maximum Gasteiger partial charge on any atom is 0.147 e. The molecule has 23 heavy (non-hydrogen) atoms. The van der Waals surface area contributed by atoms with Gasteiger partial charge in [-0.3, -0.25) is 0 Å². The number of aromatic amines is 1. The normalized spacial score (nSPS) is 16.9. The average Bonchev–Trinajstić information content (AvgIpc) is 2.88. The van der Waals surface area contributed by atoms with Crippen LogP contribution in [-0.4, -0.2) is 11.0 Å². The summed E-state index contributed by atoms with van der Waals surface area (Å²) in [7, 11) is 0. The third-order valence-electron chi connectivity index (χ3n) is 4.39. The second-order valence-electron chi connectivity index (χ2n) is 5.92. The van der Waals surface area contributed by atoms with Crippen LogP contribution in [-0.2, 0) is 13.0 Å². The summed E-state index contributed by atoms with van der Waals surface area (Å²) >= 11 is 0. The Bertz CT molecular complexity index is 856. The van der Waals surface area contributed by atoms with E-state index in [0.717, 1.165) is 34.2 Å². The molecule has 0 bridgehead atoms. The molecular formula is C18H17ClF2N2. The van der Waals surface area contributed by atoms with Crippen LogP contribution in [0.5, 0.6) is 0 Å². The van der Waals surface area contributed by atoms with Crippen molar-refractivity contribution in [1.29, 1.82) is 0 Å². The zero-order valence-electron chi connectivity index (χ0n) is 12.6. The van der Waals surface area contributed by atoms with Gasteiger partial charge >= 0.3 is 0 Å². The molecule has 0 saturated carbocycles. The number of hydrogen-bond acceptors (Lipinski definition) is 1. The lowest BCUT2D eigenvalue weighted by Crippen LogP contribution is -2.32. The fourth-order valence-electron chi connectivity index (χ4n) is 3.28. The van der Waals surface area contributed by atoms with E-state index in [1.54, 1.807) is 18.2 Å². The number of fused-ring (bicyclic) bond motifs is 3. The fraction of sp³-hybridized carbons (Fsp3) is 0.222. The van der Waals surface area contributed by atoms with Crippen LogP contribution >= 0.6 is 12.4 Å². The van der Waals surface area contributed by atoms with Crippen molar-refractivity contribution in [2.75, 3.05) is 0 Å². The van der Waals surface area contributed by atoms with E-state index in [0.29, 0.717) is 18.1 Å². The minimum absolute atomic E-state index is 0. The summed E-state index contributed by atoms with van der Waals surface area (Å²) in [6.45, 7) is 2.83. The quantitative estimate of drug-likeness (QED) is 0.670. The van der Waals surface area contributed by atoms with Gasteiger partial charge in [-0.2, -0.15) is 0 Å². The van der Waals surface area contributed by atoms with E-state index in [4.69, 9.17) is 0 Å². The van der Waals surface area contributed by atoms with Crippen LogP contribution in [0.1, 0.15) is 18.2 Å². The van der Waals surface area contributed by atoms with Crippen LogP contribution in [0.2, 0.25) is 0 Å². The summed E-state index contributed by atoms with van der Waals surface area (Å²) < 4.78 is 27.4. The van der Waals surface area contributed by atoms with Gasteiger partial charge < -0.3 is 10.3 Å². The average molecular weight is 335 g/mol. The molecule has 4 rings (SSSR count). The van der Waals surface area contributed by atoms with Gasteiger partial charge in [0.2, 0.25) is 0 Å². The summed E-state index contributed by atoms with van der Waals surface area (Å²) in [5.74, 6) is -0.517. The van der Waals surface area contributed by atoms with Crippen molar-refractivity contribution >= 4 is 23.3 Å². The topological polar surface area (TPSA) is 27.8 Å². The van der Waals surface area contributed by atoms with Gasteiger partial charge in [0.25, 0.3) is 0 Å². The summed E-state index contributed by atoms with van der Waals surface area (Å²) in [5.41, 5.74) is 4.58. The molecule has 5 heteroatoms. The first-order chi connectivity index (χ1) is 10.6. The van der Waals surface area contributed by atoms with Gasteiger partial charge in [0.05, 0.1) is 5.52 Å². The first-order valence-corrected chi connectivity index (χ1v) is 7.44. The standard InChI is InChI=1S/C18H16F2N2.ClH/c1-10-8-16-14(9-21-10)17-13(6-7-15(20)18(17)22-16)11-2-4-12(19)5-3-11;/h2-7,10,21-22H,8-9H2,1H3;1H. The van der Waals surface area contributed by atoms with Gasteiger partial charge in [-0.25, -0.2) is 8.78 Å². The molecule has 0 radical (unpaired) electrons. The molecule has 0 spiro atoms.